The van der Waals surface area contributed by atoms with E-state index in [4.69, 9.17) is 0 Å². The molecule has 0 aliphatic rings. The molecule has 94 valence electrons. The van der Waals surface area contributed by atoms with Gasteiger partial charge in [0.15, 0.2) is 0 Å². The van der Waals surface area contributed by atoms with Gasteiger partial charge in [0.05, 0.1) is 5.75 Å². The molecule has 1 aromatic carbocycles. The van der Waals surface area contributed by atoms with Crippen LogP contribution < -0.4 is 5.32 Å². The van der Waals surface area contributed by atoms with Crippen LogP contribution in [-0.2, 0) is 4.79 Å². The zero-order valence-corrected chi connectivity index (χ0v) is 11.7. The highest BCUT2D eigenvalue weighted by molar-refractivity contribution is 8.00. The number of hydrogen-bond acceptors (Lipinski definition) is 2. The predicted octanol–water partition coefficient (Wildman–Crippen LogP) is 3.31. The van der Waals surface area contributed by atoms with Gasteiger partial charge in [-0.3, -0.25) is 4.79 Å². The van der Waals surface area contributed by atoms with Crippen LogP contribution in [0.3, 0.4) is 0 Å². The van der Waals surface area contributed by atoms with Crippen molar-refractivity contribution in [3.63, 3.8) is 0 Å². The quantitative estimate of drug-likeness (QED) is 0.621. The molecule has 0 aliphatic carbocycles. The molecule has 1 aromatic rings. The fraction of sp³-hybridized carbons (Fsp3) is 0.500. The molecule has 0 bridgehead atoms. The Bertz CT molecular complexity index is 376. The number of amides is 1. The van der Waals surface area contributed by atoms with Crippen LogP contribution in [0.1, 0.15) is 30.9 Å². The Balaban J connectivity index is 2.39. The summed E-state index contributed by atoms with van der Waals surface area (Å²) in [6, 6.07) is 6.34. The second-order valence-corrected chi connectivity index (χ2v) is 5.28. The Kier molecular flexibility index (Phi) is 6.12. The van der Waals surface area contributed by atoms with E-state index in [9.17, 15) is 4.79 Å². The van der Waals surface area contributed by atoms with Gasteiger partial charge in [0.1, 0.15) is 0 Å². The summed E-state index contributed by atoms with van der Waals surface area (Å²) in [6.07, 6.45) is 2.17. The number of rotatable bonds is 6. The highest BCUT2D eigenvalue weighted by Crippen LogP contribution is 2.23. The van der Waals surface area contributed by atoms with Crippen LogP contribution >= 0.6 is 11.8 Å². The van der Waals surface area contributed by atoms with E-state index in [0.29, 0.717) is 5.75 Å². The van der Waals surface area contributed by atoms with Gasteiger partial charge in [-0.1, -0.05) is 31.0 Å². The van der Waals surface area contributed by atoms with Gasteiger partial charge in [-0.25, -0.2) is 0 Å². The molecule has 3 heteroatoms. The molecular weight excluding hydrogens is 230 g/mol. The Morgan fingerprint density at radius 1 is 1.35 bits per heavy atom. The number of thioether (sulfide) groups is 1. The van der Waals surface area contributed by atoms with E-state index in [2.05, 4.69) is 44.3 Å². The van der Waals surface area contributed by atoms with Gasteiger partial charge < -0.3 is 5.32 Å². The third-order valence-electron chi connectivity index (χ3n) is 2.55. The van der Waals surface area contributed by atoms with Gasteiger partial charge >= 0.3 is 0 Å². The molecule has 0 fully saturated rings. The van der Waals surface area contributed by atoms with Gasteiger partial charge in [-0.2, -0.15) is 0 Å². The lowest BCUT2D eigenvalue weighted by molar-refractivity contribution is -0.118. The maximum absolute atomic E-state index is 11.6. The molecule has 0 atom stereocenters. The average molecular weight is 251 g/mol. The maximum Gasteiger partial charge on any atom is 0.230 e. The summed E-state index contributed by atoms with van der Waals surface area (Å²) in [5.41, 5.74) is 2.48. The number of benzene rings is 1. The van der Waals surface area contributed by atoms with Crippen molar-refractivity contribution in [3.05, 3.63) is 29.3 Å². The third-order valence-corrected chi connectivity index (χ3v) is 3.71. The minimum absolute atomic E-state index is 0.129. The SMILES string of the molecule is CCCCNC(=O)CSc1cc(C)ccc1C. The van der Waals surface area contributed by atoms with Gasteiger partial charge in [0.25, 0.3) is 0 Å². The monoisotopic (exact) mass is 251 g/mol. The van der Waals surface area contributed by atoms with Crippen LogP contribution in [0, 0.1) is 13.8 Å². The Morgan fingerprint density at radius 3 is 2.82 bits per heavy atom. The highest BCUT2D eigenvalue weighted by Gasteiger charge is 2.04. The van der Waals surface area contributed by atoms with Crippen LogP contribution in [0.15, 0.2) is 23.1 Å². The molecule has 0 aliphatic heterocycles. The van der Waals surface area contributed by atoms with Crippen molar-refractivity contribution in [3.8, 4) is 0 Å². The van der Waals surface area contributed by atoms with E-state index in [1.807, 2.05) is 0 Å². The lowest BCUT2D eigenvalue weighted by Crippen LogP contribution is -2.26. The first-order valence-electron chi connectivity index (χ1n) is 6.10. The van der Waals surface area contributed by atoms with E-state index in [-0.39, 0.29) is 5.91 Å². The van der Waals surface area contributed by atoms with Gasteiger partial charge in [0.2, 0.25) is 5.91 Å². The first kappa shape index (κ1) is 14.1. The molecule has 1 N–H and O–H groups in total. The first-order chi connectivity index (χ1) is 8.13. The van der Waals surface area contributed by atoms with Crippen molar-refractivity contribution in [1.82, 2.24) is 5.32 Å². The maximum atomic E-state index is 11.6. The van der Waals surface area contributed by atoms with Crippen molar-refractivity contribution < 1.29 is 4.79 Å². The van der Waals surface area contributed by atoms with E-state index in [1.54, 1.807) is 11.8 Å². The predicted molar refractivity (Wildman–Crippen MR) is 74.6 cm³/mol. The summed E-state index contributed by atoms with van der Waals surface area (Å²) < 4.78 is 0. The number of nitrogens with one attached hydrogen (secondary N) is 1. The molecule has 0 spiro atoms. The molecule has 0 saturated carbocycles. The molecule has 17 heavy (non-hydrogen) atoms. The fourth-order valence-electron chi connectivity index (χ4n) is 1.46. The van der Waals surface area contributed by atoms with Crippen molar-refractivity contribution in [2.45, 2.75) is 38.5 Å². The molecule has 0 saturated heterocycles. The largest absolute Gasteiger partial charge is 0.355 e. The zero-order chi connectivity index (χ0) is 12.7. The minimum Gasteiger partial charge on any atom is -0.355 e. The van der Waals surface area contributed by atoms with Crippen LogP contribution in [0.25, 0.3) is 0 Å². The smallest absolute Gasteiger partial charge is 0.230 e. The van der Waals surface area contributed by atoms with E-state index < -0.39 is 0 Å². The molecular formula is C14H21NOS. The van der Waals surface area contributed by atoms with E-state index >= 15 is 0 Å². The van der Waals surface area contributed by atoms with Crippen molar-refractivity contribution in [2.75, 3.05) is 12.3 Å². The third kappa shape index (κ3) is 5.26. The molecule has 0 heterocycles. The molecule has 2 nitrogen and oxygen atoms in total. The summed E-state index contributed by atoms with van der Waals surface area (Å²) in [7, 11) is 0. The first-order valence-corrected chi connectivity index (χ1v) is 7.08. The van der Waals surface area contributed by atoms with Crippen LogP contribution in [0.5, 0.6) is 0 Å². The molecule has 1 rings (SSSR count). The van der Waals surface area contributed by atoms with Crippen molar-refractivity contribution in [1.29, 1.82) is 0 Å². The molecule has 0 aromatic heterocycles. The number of hydrogen-bond donors (Lipinski definition) is 1. The lowest BCUT2D eigenvalue weighted by Gasteiger charge is -2.07. The van der Waals surface area contributed by atoms with Gasteiger partial charge in [0, 0.05) is 11.4 Å². The lowest BCUT2D eigenvalue weighted by atomic mass is 10.2. The fourth-order valence-corrected chi connectivity index (χ4v) is 2.42. The van der Waals surface area contributed by atoms with Gasteiger partial charge in [-0.05, 0) is 31.9 Å². The highest BCUT2D eigenvalue weighted by atomic mass is 32.2. The zero-order valence-electron chi connectivity index (χ0n) is 10.9. The molecule has 1 amide bonds. The van der Waals surface area contributed by atoms with E-state index in [0.717, 1.165) is 19.4 Å². The summed E-state index contributed by atoms with van der Waals surface area (Å²) in [4.78, 5) is 12.8. The Hall–Kier alpha value is -0.960. The standard InChI is InChI=1S/C14H21NOS/c1-4-5-8-15-14(16)10-17-13-9-11(2)6-7-12(13)3/h6-7,9H,4-5,8,10H2,1-3H3,(H,15,16). The topological polar surface area (TPSA) is 29.1 Å². The van der Waals surface area contributed by atoms with Gasteiger partial charge in [-0.15, -0.1) is 11.8 Å². The van der Waals surface area contributed by atoms with Crippen molar-refractivity contribution >= 4 is 17.7 Å². The summed E-state index contributed by atoms with van der Waals surface area (Å²) in [6.45, 7) is 7.07. The molecule has 0 radical (unpaired) electrons. The Labute approximate surface area is 108 Å². The summed E-state index contributed by atoms with van der Waals surface area (Å²) in [5.74, 6) is 0.637. The second-order valence-electron chi connectivity index (χ2n) is 4.26. The summed E-state index contributed by atoms with van der Waals surface area (Å²) in [5, 5.41) is 2.93. The minimum atomic E-state index is 0.129. The van der Waals surface area contributed by atoms with Crippen LogP contribution in [-0.4, -0.2) is 18.2 Å². The Morgan fingerprint density at radius 2 is 2.12 bits per heavy atom. The van der Waals surface area contributed by atoms with Crippen LogP contribution in [0.2, 0.25) is 0 Å². The average Bonchev–Trinajstić information content (AvgIpc) is 2.31. The number of aryl methyl sites for hydroxylation is 2. The molecule has 0 unspecified atom stereocenters. The number of carbonyl (C=O) groups is 1. The van der Waals surface area contributed by atoms with E-state index in [1.165, 1.54) is 16.0 Å². The number of carbonyl (C=O) groups excluding carboxylic acids is 1. The summed E-state index contributed by atoms with van der Waals surface area (Å²) >= 11 is 1.62. The van der Waals surface area contributed by atoms with Crippen molar-refractivity contribution in [2.24, 2.45) is 0 Å². The number of unbranched alkanes of at least 4 members (excludes halogenated alkanes) is 1. The van der Waals surface area contributed by atoms with Crippen LogP contribution in [0.4, 0.5) is 0 Å². The normalized spacial score (nSPS) is 10.3. The second kappa shape index (κ2) is 7.38.